The zero-order valence-corrected chi connectivity index (χ0v) is 17.9. The number of hydrogen-bond donors (Lipinski definition) is 9. The van der Waals surface area contributed by atoms with Gasteiger partial charge in [0.2, 0.25) is 5.91 Å². The van der Waals surface area contributed by atoms with Crippen molar-refractivity contribution < 1.29 is 69.4 Å². The Kier molecular flexibility index (Phi) is 9.49. The smallest absolute Gasteiger partial charge is 0.364 e. The van der Waals surface area contributed by atoms with Crippen molar-refractivity contribution >= 4 is 11.9 Å². The molecule has 33 heavy (non-hydrogen) atoms. The van der Waals surface area contributed by atoms with Gasteiger partial charge in [0.05, 0.1) is 25.4 Å². The van der Waals surface area contributed by atoms with E-state index in [1.54, 1.807) is 0 Å². The molecule has 2 fully saturated rings. The minimum absolute atomic E-state index is 0.675. The Balaban J connectivity index is 2.44. The van der Waals surface area contributed by atoms with Gasteiger partial charge in [0.15, 0.2) is 6.29 Å². The Morgan fingerprint density at radius 1 is 1.18 bits per heavy atom. The van der Waals surface area contributed by atoms with Crippen molar-refractivity contribution in [3.63, 3.8) is 0 Å². The number of ether oxygens (including phenoxy) is 4. The van der Waals surface area contributed by atoms with Crippen LogP contribution in [-0.2, 0) is 28.5 Å². The molecule has 0 radical (unpaired) electrons. The average Bonchev–Trinajstić information content (AvgIpc) is 2.77. The van der Waals surface area contributed by atoms with Crippen LogP contribution in [0.3, 0.4) is 0 Å². The van der Waals surface area contributed by atoms with Crippen LogP contribution < -0.4 is 5.32 Å². The fourth-order valence-corrected chi connectivity index (χ4v) is 3.86. The van der Waals surface area contributed by atoms with Crippen LogP contribution in [0.4, 0.5) is 0 Å². The SMILES string of the molecule is COC1OC(CO)C(O)C(O[C@]2(C(=O)O)C[C@@H](O)C(NC(C)=O)C([C@H](O)[C@H](O)CO)O2)C1O. The van der Waals surface area contributed by atoms with E-state index in [1.807, 2.05) is 0 Å². The summed E-state index contributed by atoms with van der Waals surface area (Å²) in [6.07, 6.45) is -16.3. The molecule has 0 aromatic rings. The van der Waals surface area contributed by atoms with Crippen molar-refractivity contribution in [2.75, 3.05) is 20.3 Å². The zero-order valence-electron chi connectivity index (χ0n) is 17.9. The molecule has 192 valence electrons. The number of aliphatic hydroxyl groups excluding tert-OH is 7. The summed E-state index contributed by atoms with van der Waals surface area (Å²) in [5.74, 6) is -5.32. The maximum Gasteiger partial charge on any atom is 0.364 e. The highest BCUT2D eigenvalue weighted by Gasteiger charge is 2.59. The minimum Gasteiger partial charge on any atom is -0.477 e. The number of rotatable bonds is 9. The van der Waals surface area contributed by atoms with Crippen molar-refractivity contribution in [2.45, 2.75) is 80.3 Å². The van der Waals surface area contributed by atoms with Gasteiger partial charge in [-0.25, -0.2) is 4.79 Å². The molecular weight excluding hydrogens is 454 g/mol. The molecule has 1 amide bonds. The number of carbonyl (C=O) groups excluding carboxylic acids is 1. The third kappa shape index (κ3) is 5.77. The van der Waals surface area contributed by atoms with Crippen LogP contribution in [0.2, 0.25) is 0 Å². The Bertz CT molecular complexity index is 665. The van der Waals surface area contributed by atoms with E-state index in [0.29, 0.717) is 0 Å². The van der Waals surface area contributed by atoms with Crippen molar-refractivity contribution in [3.05, 3.63) is 0 Å². The van der Waals surface area contributed by atoms with Gasteiger partial charge in [0, 0.05) is 20.5 Å². The number of amides is 1. The quantitative estimate of drug-likeness (QED) is 0.148. The van der Waals surface area contributed by atoms with Crippen molar-refractivity contribution in [3.8, 4) is 0 Å². The van der Waals surface area contributed by atoms with Gasteiger partial charge < -0.3 is 65.1 Å². The molecule has 0 bridgehead atoms. The fourth-order valence-electron chi connectivity index (χ4n) is 3.86. The van der Waals surface area contributed by atoms with Gasteiger partial charge in [-0.15, -0.1) is 0 Å². The molecule has 0 aliphatic carbocycles. The van der Waals surface area contributed by atoms with Gasteiger partial charge in [-0.1, -0.05) is 0 Å². The second kappa shape index (κ2) is 11.3. The monoisotopic (exact) mass is 485 g/mol. The highest BCUT2D eigenvalue weighted by Crippen LogP contribution is 2.37. The van der Waals surface area contributed by atoms with Crippen molar-refractivity contribution in [2.24, 2.45) is 0 Å². The molecule has 15 nitrogen and oxygen atoms in total. The van der Waals surface area contributed by atoms with E-state index >= 15 is 0 Å². The number of aliphatic hydroxyl groups is 7. The van der Waals surface area contributed by atoms with E-state index < -0.39 is 98.5 Å². The van der Waals surface area contributed by atoms with E-state index in [-0.39, 0.29) is 0 Å². The maximum atomic E-state index is 12.2. The molecule has 2 aliphatic rings. The van der Waals surface area contributed by atoms with Gasteiger partial charge in [-0.3, -0.25) is 4.79 Å². The van der Waals surface area contributed by atoms with Gasteiger partial charge in [0.1, 0.15) is 42.7 Å². The Hall–Kier alpha value is -1.50. The summed E-state index contributed by atoms with van der Waals surface area (Å²) < 4.78 is 21.0. The summed E-state index contributed by atoms with van der Waals surface area (Å²) in [5.41, 5.74) is 0. The van der Waals surface area contributed by atoms with Crippen LogP contribution in [0.25, 0.3) is 0 Å². The Labute approximate surface area is 188 Å². The second-order valence-corrected chi connectivity index (χ2v) is 7.90. The lowest BCUT2D eigenvalue weighted by molar-refractivity contribution is -0.368. The van der Waals surface area contributed by atoms with Crippen LogP contribution in [0.15, 0.2) is 0 Å². The van der Waals surface area contributed by atoms with E-state index in [4.69, 9.17) is 18.9 Å². The number of nitrogens with one attached hydrogen (secondary N) is 1. The van der Waals surface area contributed by atoms with Crippen LogP contribution in [0.1, 0.15) is 13.3 Å². The van der Waals surface area contributed by atoms with Crippen LogP contribution in [0, 0.1) is 0 Å². The van der Waals surface area contributed by atoms with Gasteiger partial charge >= 0.3 is 5.97 Å². The molecular formula is C18H31NO14. The molecule has 7 unspecified atom stereocenters. The number of methoxy groups -OCH3 is 1. The molecule has 2 heterocycles. The predicted molar refractivity (Wildman–Crippen MR) is 102 cm³/mol. The molecule has 0 spiro atoms. The summed E-state index contributed by atoms with van der Waals surface area (Å²) in [6.45, 7) is -0.620. The summed E-state index contributed by atoms with van der Waals surface area (Å²) in [4.78, 5) is 23.8. The lowest BCUT2D eigenvalue weighted by atomic mass is 9.88. The van der Waals surface area contributed by atoms with Crippen LogP contribution >= 0.6 is 0 Å². The molecule has 2 aliphatic heterocycles. The molecule has 0 aromatic carbocycles. The Morgan fingerprint density at radius 2 is 1.82 bits per heavy atom. The van der Waals surface area contributed by atoms with Crippen molar-refractivity contribution in [1.82, 2.24) is 5.32 Å². The lowest BCUT2D eigenvalue weighted by Crippen LogP contribution is -2.70. The van der Waals surface area contributed by atoms with E-state index in [1.165, 1.54) is 0 Å². The number of carboxylic acids is 1. The largest absolute Gasteiger partial charge is 0.477 e. The normalized spacial score (nSPS) is 41.2. The highest BCUT2D eigenvalue weighted by atomic mass is 16.8. The number of aliphatic carboxylic acids is 1. The predicted octanol–water partition coefficient (Wildman–Crippen LogP) is -5.39. The zero-order chi connectivity index (χ0) is 25.1. The Morgan fingerprint density at radius 3 is 2.30 bits per heavy atom. The average molecular weight is 485 g/mol. The summed E-state index contributed by atoms with van der Waals surface area (Å²) in [6, 6.07) is -1.42. The van der Waals surface area contributed by atoms with E-state index in [0.717, 1.165) is 14.0 Å². The molecule has 0 aromatic heterocycles. The first kappa shape index (κ1) is 27.7. The molecule has 0 saturated carbocycles. The van der Waals surface area contributed by atoms with Gasteiger partial charge in [-0.2, -0.15) is 0 Å². The standard InChI is InChI=1S/C18H31NO14/c1-6(22)19-10-7(23)3-18(17(28)29,32-14(10)11(25)8(24)4-20)33-15-12(26)9(5-21)31-16(30-2)13(15)27/h7-16,20-21,23-27H,3-5H2,1-2H3,(H,19,22)(H,28,29)/t7-,8-,9?,10?,11-,12?,13?,14?,15?,16?,18+/m1/s1. The van der Waals surface area contributed by atoms with E-state index in [9.17, 15) is 50.4 Å². The molecule has 15 heteroatoms. The molecule has 11 atom stereocenters. The summed E-state index contributed by atoms with van der Waals surface area (Å²) in [5, 5.41) is 82.6. The fraction of sp³-hybridized carbons (Fsp3) is 0.889. The molecule has 2 saturated heterocycles. The van der Waals surface area contributed by atoms with Crippen LogP contribution in [-0.4, -0.2) is 140 Å². The molecule has 2 rings (SSSR count). The van der Waals surface area contributed by atoms with Gasteiger partial charge in [0.25, 0.3) is 5.79 Å². The second-order valence-electron chi connectivity index (χ2n) is 7.90. The number of carboxylic acid groups (broad SMARTS) is 1. The summed E-state index contributed by atoms with van der Waals surface area (Å²) in [7, 11) is 1.14. The van der Waals surface area contributed by atoms with Crippen molar-refractivity contribution in [1.29, 1.82) is 0 Å². The first-order valence-corrected chi connectivity index (χ1v) is 10.1. The lowest BCUT2D eigenvalue weighted by Gasteiger charge is -2.49. The van der Waals surface area contributed by atoms with E-state index in [2.05, 4.69) is 5.32 Å². The minimum atomic E-state index is -2.81. The first-order valence-electron chi connectivity index (χ1n) is 10.1. The third-order valence-electron chi connectivity index (χ3n) is 5.57. The number of carbonyl (C=O) groups is 2. The molecule has 9 N–H and O–H groups in total. The first-order chi connectivity index (χ1) is 15.4. The van der Waals surface area contributed by atoms with Crippen LogP contribution in [0.5, 0.6) is 0 Å². The van der Waals surface area contributed by atoms with Gasteiger partial charge in [-0.05, 0) is 0 Å². The summed E-state index contributed by atoms with van der Waals surface area (Å²) >= 11 is 0. The highest BCUT2D eigenvalue weighted by molar-refractivity contribution is 5.76. The topological polar surface area (TPSA) is 245 Å². The maximum absolute atomic E-state index is 12.2. The third-order valence-corrected chi connectivity index (χ3v) is 5.57. The number of hydrogen-bond acceptors (Lipinski definition) is 13.